The van der Waals surface area contributed by atoms with E-state index in [1.54, 1.807) is 18.5 Å². The van der Waals surface area contributed by atoms with Gasteiger partial charge in [0, 0.05) is 74.3 Å². The van der Waals surface area contributed by atoms with Crippen molar-refractivity contribution in [2.45, 2.75) is 25.4 Å². The fourth-order valence-corrected chi connectivity index (χ4v) is 4.63. The van der Waals surface area contributed by atoms with E-state index in [2.05, 4.69) is 30.5 Å². The lowest BCUT2D eigenvalue weighted by molar-refractivity contribution is -0.192. The molecule has 3 aromatic rings. The number of rotatable bonds is 4. The molecule has 0 radical (unpaired) electrons. The van der Waals surface area contributed by atoms with Gasteiger partial charge in [0.25, 0.3) is 5.91 Å². The quantitative estimate of drug-likeness (QED) is 0.393. The van der Waals surface area contributed by atoms with Crippen LogP contribution in [0.3, 0.4) is 0 Å². The van der Waals surface area contributed by atoms with Crippen molar-refractivity contribution in [3.05, 3.63) is 53.5 Å². The second-order valence-corrected chi connectivity index (χ2v) is 9.00. The van der Waals surface area contributed by atoms with E-state index in [1.165, 1.54) is 0 Å². The number of hydrogen-bond acceptors (Lipinski definition) is 6. The van der Waals surface area contributed by atoms with Crippen molar-refractivity contribution in [2.24, 2.45) is 0 Å². The number of carbonyl (C=O) groups is 3. The van der Waals surface area contributed by atoms with E-state index < -0.39 is 12.1 Å². The summed E-state index contributed by atoms with van der Waals surface area (Å²) in [6, 6.07) is 5.61. The summed E-state index contributed by atoms with van der Waals surface area (Å²) in [4.78, 5) is 49.8. The molecule has 4 heterocycles. The maximum Gasteiger partial charge on any atom is 0.490 e. The summed E-state index contributed by atoms with van der Waals surface area (Å²) in [5.41, 5.74) is 4.03. The zero-order valence-electron chi connectivity index (χ0n) is 20.9. The second-order valence-electron chi connectivity index (χ2n) is 9.00. The molecule has 0 bridgehead atoms. The Morgan fingerprint density at radius 2 is 1.85 bits per heavy atom. The molecule has 0 atom stereocenters. The number of anilines is 1. The van der Waals surface area contributed by atoms with Crippen molar-refractivity contribution in [1.29, 1.82) is 0 Å². The number of urea groups is 1. The molecule has 39 heavy (non-hydrogen) atoms. The summed E-state index contributed by atoms with van der Waals surface area (Å²) < 4.78 is 31.7. The van der Waals surface area contributed by atoms with E-state index in [0.29, 0.717) is 45.1 Å². The van der Waals surface area contributed by atoms with Crippen LogP contribution in [0.25, 0.3) is 10.9 Å². The summed E-state index contributed by atoms with van der Waals surface area (Å²) >= 11 is 0. The third-order valence-corrected chi connectivity index (χ3v) is 6.47. The maximum absolute atomic E-state index is 12.8. The van der Waals surface area contributed by atoms with Gasteiger partial charge in [0.15, 0.2) is 0 Å². The molecule has 4 N–H and O–H groups in total. The molecule has 11 nitrogen and oxygen atoms in total. The predicted molar refractivity (Wildman–Crippen MR) is 136 cm³/mol. The normalized spacial score (nSPS) is 15.5. The van der Waals surface area contributed by atoms with Gasteiger partial charge in [-0.2, -0.15) is 13.2 Å². The van der Waals surface area contributed by atoms with Gasteiger partial charge in [0.05, 0.1) is 0 Å². The molecule has 2 aromatic heterocycles. The summed E-state index contributed by atoms with van der Waals surface area (Å²) in [7, 11) is 0. The number of benzene rings is 1. The number of nitrogens with one attached hydrogen (secondary N) is 3. The van der Waals surface area contributed by atoms with Gasteiger partial charge >= 0.3 is 18.2 Å². The first kappa shape index (κ1) is 27.7. The highest BCUT2D eigenvalue weighted by Crippen LogP contribution is 2.28. The highest BCUT2D eigenvalue weighted by molar-refractivity contribution is 6.02. The largest absolute Gasteiger partial charge is 0.490 e. The first-order chi connectivity index (χ1) is 18.6. The lowest BCUT2D eigenvalue weighted by atomic mass is 9.94. The molecular weight excluding hydrogens is 519 g/mol. The minimum Gasteiger partial charge on any atom is -0.475 e. The number of aromatic amines is 1. The van der Waals surface area contributed by atoms with Crippen LogP contribution in [-0.4, -0.2) is 88.3 Å². The number of halogens is 3. The van der Waals surface area contributed by atoms with Crippen LogP contribution in [0.15, 0.2) is 36.8 Å². The molecule has 1 saturated heterocycles. The van der Waals surface area contributed by atoms with Gasteiger partial charge in [-0.05, 0) is 48.6 Å². The smallest absolute Gasteiger partial charge is 0.475 e. The van der Waals surface area contributed by atoms with Gasteiger partial charge in [0.2, 0.25) is 5.95 Å². The van der Waals surface area contributed by atoms with Crippen molar-refractivity contribution in [3.8, 4) is 0 Å². The zero-order valence-corrected chi connectivity index (χ0v) is 20.9. The Balaban J connectivity index is 0.000000448. The van der Waals surface area contributed by atoms with Crippen molar-refractivity contribution in [1.82, 2.24) is 30.5 Å². The number of hydrogen-bond donors (Lipinski definition) is 4. The van der Waals surface area contributed by atoms with Gasteiger partial charge in [-0.25, -0.2) is 19.6 Å². The van der Waals surface area contributed by atoms with Crippen LogP contribution in [0.5, 0.6) is 0 Å². The molecule has 5 rings (SSSR count). The van der Waals surface area contributed by atoms with Gasteiger partial charge < -0.3 is 30.5 Å². The number of aromatic nitrogens is 3. The first-order valence-electron chi connectivity index (χ1n) is 12.4. The van der Waals surface area contributed by atoms with Gasteiger partial charge in [0.1, 0.15) is 0 Å². The standard InChI is InChI=1S/C23H27N7O2.C2HF3O2/c31-21-18-3-4-19-20(17(18)6-10-24-21)16(15-28-19)5-9-27-23(32)30-12-2-11-29(13-14-30)22-25-7-1-8-26-22;3-2(4,5)1(6)7/h1,3-4,7-8,15,28H,2,5-6,9-14H2,(H,24,31)(H,27,32);(H,6,7). The third kappa shape index (κ3) is 6.75. The number of alkyl halides is 3. The minimum atomic E-state index is -5.08. The number of fused-ring (bicyclic) bond motifs is 3. The van der Waals surface area contributed by atoms with Crippen molar-refractivity contribution in [2.75, 3.05) is 44.2 Å². The molecule has 1 fully saturated rings. The molecule has 1 aromatic carbocycles. The lowest BCUT2D eigenvalue weighted by Crippen LogP contribution is -2.42. The monoisotopic (exact) mass is 547 g/mol. The fourth-order valence-electron chi connectivity index (χ4n) is 4.63. The predicted octanol–water partition coefficient (Wildman–Crippen LogP) is 2.34. The Hall–Kier alpha value is -4.36. The number of H-pyrrole nitrogens is 1. The van der Waals surface area contributed by atoms with E-state index in [-0.39, 0.29) is 11.9 Å². The molecule has 0 unspecified atom stereocenters. The maximum atomic E-state index is 12.8. The van der Waals surface area contributed by atoms with Crippen LogP contribution >= 0.6 is 0 Å². The number of carbonyl (C=O) groups excluding carboxylic acids is 2. The molecule has 2 aliphatic heterocycles. The first-order valence-corrected chi connectivity index (χ1v) is 12.4. The highest BCUT2D eigenvalue weighted by atomic mass is 19.4. The second kappa shape index (κ2) is 12.0. The molecule has 0 aliphatic carbocycles. The fraction of sp³-hybridized carbons (Fsp3) is 0.400. The van der Waals surface area contributed by atoms with Crippen LogP contribution < -0.4 is 15.5 Å². The topological polar surface area (TPSA) is 144 Å². The summed E-state index contributed by atoms with van der Waals surface area (Å²) in [5.74, 6) is -2.05. The highest BCUT2D eigenvalue weighted by Gasteiger charge is 2.38. The SMILES string of the molecule is O=C(O)C(F)(F)F.O=C1NCCc2c1ccc1[nH]cc(CCNC(=O)N3CCCN(c4ncccn4)CC3)c21. The van der Waals surface area contributed by atoms with Crippen LogP contribution in [0.2, 0.25) is 0 Å². The van der Waals surface area contributed by atoms with Crippen molar-refractivity contribution < 1.29 is 32.7 Å². The van der Waals surface area contributed by atoms with Crippen molar-refractivity contribution >= 4 is 34.8 Å². The van der Waals surface area contributed by atoms with Crippen molar-refractivity contribution in [3.63, 3.8) is 0 Å². The molecule has 0 saturated carbocycles. The number of carboxylic acid groups (broad SMARTS) is 1. The number of nitrogens with zero attached hydrogens (tertiary/aromatic N) is 4. The van der Waals surface area contributed by atoms with Crippen LogP contribution in [-0.2, 0) is 17.6 Å². The third-order valence-electron chi connectivity index (χ3n) is 6.47. The lowest BCUT2D eigenvalue weighted by Gasteiger charge is -2.22. The van der Waals surface area contributed by atoms with Crippen LogP contribution in [0.1, 0.15) is 27.9 Å². The Kier molecular flexibility index (Phi) is 8.52. The molecule has 14 heteroatoms. The summed E-state index contributed by atoms with van der Waals surface area (Å²) in [6.07, 6.45) is 2.81. The van der Waals surface area contributed by atoms with Crippen LogP contribution in [0, 0.1) is 0 Å². The molecule has 0 spiro atoms. The van der Waals surface area contributed by atoms with E-state index in [4.69, 9.17) is 9.90 Å². The Morgan fingerprint density at radius 1 is 1.10 bits per heavy atom. The molecule has 2 aliphatic rings. The van der Waals surface area contributed by atoms with Gasteiger partial charge in [-0.3, -0.25) is 4.79 Å². The Morgan fingerprint density at radius 3 is 2.56 bits per heavy atom. The molecule has 208 valence electrons. The number of aliphatic carboxylic acids is 1. The number of amides is 3. The molecule has 3 amide bonds. The minimum absolute atomic E-state index is 0.00953. The van der Waals surface area contributed by atoms with E-state index >= 15 is 0 Å². The zero-order chi connectivity index (χ0) is 28.0. The van der Waals surface area contributed by atoms with E-state index in [1.807, 2.05) is 23.2 Å². The Labute approximate surface area is 221 Å². The van der Waals surface area contributed by atoms with Gasteiger partial charge in [-0.1, -0.05) is 0 Å². The van der Waals surface area contributed by atoms with E-state index in [0.717, 1.165) is 47.0 Å². The van der Waals surface area contributed by atoms with Gasteiger partial charge in [-0.15, -0.1) is 0 Å². The number of carboxylic acids is 1. The molecular formula is C25H28F3N7O4. The summed E-state index contributed by atoms with van der Waals surface area (Å²) in [5, 5.41) is 14.2. The van der Waals surface area contributed by atoms with E-state index in [9.17, 15) is 22.8 Å². The van der Waals surface area contributed by atoms with Crippen LogP contribution in [0.4, 0.5) is 23.9 Å². The average molecular weight is 548 g/mol. The average Bonchev–Trinajstić information content (AvgIpc) is 3.16. The summed E-state index contributed by atoms with van der Waals surface area (Å²) in [6.45, 7) is 4.11. The Bertz CT molecular complexity index is 1330.